The molecule has 0 radical (unpaired) electrons. The van der Waals surface area contributed by atoms with Gasteiger partial charge in [-0.05, 0) is 52.3 Å². The second-order valence-corrected chi connectivity index (χ2v) is 6.48. The highest BCUT2D eigenvalue weighted by Gasteiger charge is 2.17. The van der Waals surface area contributed by atoms with Gasteiger partial charge in [-0.1, -0.05) is 0 Å². The number of hydrogen-bond donors (Lipinski definition) is 1. The van der Waals surface area contributed by atoms with Crippen LogP contribution in [0.3, 0.4) is 0 Å². The van der Waals surface area contributed by atoms with Gasteiger partial charge in [0.15, 0.2) is 0 Å². The van der Waals surface area contributed by atoms with Crippen molar-refractivity contribution in [3.63, 3.8) is 0 Å². The third-order valence-electron chi connectivity index (χ3n) is 2.85. The van der Waals surface area contributed by atoms with E-state index in [9.17, 15) is 4.39 Å². The molecule has 2 rings (SSSR count). The standard InChI is InChI=1S/C13H14BrFN2S/c1-17(10-4-2-9(15)3-5-10)11(8-16)12-6-7-13(14)18-12/h2-7,11H,8,16H2,1H3. The van der Waals surface area contributed by atoms with Crippen molar-refractivity contribution in [1.82, 2.24) is 0 Å². The number of benzene rings is 1. The Bertz CT molecular complexity index is 512. The normalized spacial score (nSPS) is 12.4. The molecule has 18 heavy (non-hydrogen) atoms. The fourth-order valence-electron chi connectivity index (χ4n) is 1.83. The fraction of sp³-hybridized carbons (Fsp3) is 0.231. The SMILES string of the molecule is CN(c1ccc(F)cc1)C(CN)c1ccc(Br)s1. The molecule has 0 aliphatic carbocycles. The minimum Gasteiger partial charge on any atom is -0.365 e. The maximum absolute atomic E-state index is 12.9. The molecule has 1 aromatic carbocycles. The molecule has 1 atom stereocenters. The van der Waals surface area contributed by atoms with Crippen molar-refractivity contribution < 1.29 is 4.39 Å². The second kappa shape index (κ2) is 5.82. The van der Waals surface area contributed by atoms with Crippen LogP contribution in [-0.4, -0.2) is 13.6 Å². The fourth-order valence-corrected chi connectivity index (χ4v) is 3.41. The lowest BCUT2D eigenvalue weighted by Crippen LogP contribution is -2.29. The Balaban J connectivity index is 2.25. The van der Waals surface area contributed by atoms with E-state index in [4.69, 9.17) is 5.73 Å². The largest absolute Gasteiger partial charge is 0.365 e. The van der Waals surface area contributed by atoms with Crippen LogP contribution in [-0.2, 0) is 0 Å². The van der Waals surface area contributed by atoms with E-state index in [1.165, 1.54) is 17.0 Å². The Labute approximate surface area is 118 Å². The zero-order valence-electron chi connectivity index (χ0n) is 9.94. The summed E-state index contributed by atoms with van der Waals surface area (Å²) < 4.78 is 14.0. The first kappa shape index (κ1) is 13.5. The molecule has 2 aromatic rings. The first-order valence-electron chi connectivity index (χ1n) is 5.55. The molecule has 0 aliphatic heterocycles. The van der Waals surface area contributed by atoms with Gasteiger partial charge in [-0.25, -0.2) is 4.39 Å². The number of halogens is 2. The van der Waals surface area contributed by atoms with Crippen LogP contribution in [0.15, 0.2) is 40.2 Å². The van der Waals surface area contributed by atoms with Crippen molar-refractivity contribution in [1.29, 1.82) is 0 Å². The Morgan fingerprint density at radius 2 is 1.94 bits per heavy atom. The lowest BCUT2D eigenvalue weighted by atomic mass is 10.2. The molecule has 96 valence electrons. The number of thiophene rings is 1. The van der Waals surface area contributed by atoms with Gasteiger partial charge in [0, 0.05) is 24.2 Å². The molecule has 0 amide bonds. The van der Waals surface area contributed by atoms with Gasteiger partial charge in [-0.3, -0.25) is 0 Å². The summed E-state index contributed by atoms with van der Waals surface area (Å²) in [5.74, 6) is -0.227. The maximum Gasteiger partial charge on any atom is 0.123 e. The molecule has 1 heterocycles. The van der Waals surface area contributed by atoms with Crippen molar-refractivity contribution in [2.45, 2.75) is 6.04 Å². The summed E-state index contributed by atoms with van der Waals surface area (Å²) in [7, 11) is 1.97. The number of likely N-dealkylation sites (N-methyl/N-ethyl adjacent to an activating group) is 1. The Morgan fingerprint density at radius 3 is 2.44 bits per heavy atom. The van der Waals surface area contributed by atoms with E-state index in [2.05, 4.69) is 26.9 Å². The zero-order valence-corrected chi connectivity index (χ0v) is 12.3. The van der Waals surface area contributed by atoms with Crippen molar-refractivity contribution in [3.05, 3.63) is 50.9 Å². The van der Waals surface area contributed by atoms with Crippen molar-refractivity contribution in [2.75, 3.05) is 18.5 Å². The quantitative estimate of drug-likeness (QED) is 0.925. The third kappa shape index (κ3) is 2.91. The van der Waals surface area contributed by atoms with Gasteiger partial charge in [0.05, 0.1) is 9.83 Å². The van der Waals surface area contributed by atoms with Gasteiger partial charge in [0.2, 0.25) is 0 Å². The summed E-state index contributed by atoms with van der Waals surface area (Å²) in [6.07, 6.45) is 0. The van der Waals surface area contributed by atoms with Crippen LogP contribution in [0.5, 0.6) is 0 Å². The molecule has 2 N–H and O–H groups in total. The molecular weight excluding hydrogens is 315 g/mol. The molecule has 0 aliphatic rings. The van der Waals surface area contributed by atoms with Crippen LogP contribution < -0.4 is 10.6 Å². The second-order valence-electron chi connectivity index (χ2n) is 3.98. The average molecular weight is 329 g/mol. The van der Waals surface area contributed by atoms with E-state index in [0.29, 0.717) is 6.54 Å². The molecule has 1 aromatic heterocycles. The summed E-state index contributed by atoms with van der Waals surface area (Å²) in [5, 5.41) is 0. The van der Waals surface area contributed by atoms with E-state index in [-0.39, 0.29) is 11.9 Å². The van der Waals surface area contributed by atoms with Gasteiger partial charge in [-0.2, -0.15) is 0 Å². The van der Waals surface area contributed by atoms with E-state index in [1.807, 2.05) is 13.1 Å². The monoisotopic (exact) mass is 328 g/mol. The number of nitrogens with zero attached hydrogens (tertiary/aromatic N) is 1. The van der Waals surface area contributed by atoms with E-state index in [0.717, 1.165) is 9.47 Å². The lowest BCUT2D eigenvalue weighted by Gasteiger charge is -2.28. The van der Waals surface area contributed by atoms with Crippen LogP contribution in [0.1, 0.15) is 10.9 Å². The lowest BCUT2D eigenvalue weighted by molar-refractivity contribution is 0.626. The van der Waals surface area contributed by atoms with Crippen LogP contribution in [0.2, 0.25) is 0 Å². The van der Waals surface area contributed by atoms with Gasteiger partial charge < -0.3 is 10.6 Å². The molecule has 2 nitrogen and oxygen atoms in total. The van der Waals surface area contributed by atoms with Crippen LogP contribution >= 0.6 is 27.3 Å². The molecule has 0 saturated heterocycles. The minimum absolute atomic E-state index is 0.103. The summed E-state index contributed by atoms with van der Waals surface area (Å²) in [4.78, 5) is 3.26. The number of anilines is 1. The average Bonchev–Trinajstić information content (AvgIpc) is 2.77. The van der Waals surface area contributed by atoms with Gasteiger partial charge >= 0.3 is 0 Å². The Kier molecular flexibility index (Phi) is 4.37. The number of rotatable bonds is 4. The predicted octanol–water partition coefficient (Wildman–Crippen LogP) is 3.79. The third-order valence-corrected chi connectivity index (χ3v) is 4.57. The van der Waals surface area contributed by atoms with E-state index >= 15 is 0 Å². The summed E-state index contributed by atoms with van der Waals surface area (Å²) in [6, 6.07) is 10.6. The summed E-state index contributed by atoms with van der Waals surface area (Å²) in [6.45, 7) is 0.515. The minimum atomic E-state index is -0.227. The van der Waals surface area contributed by atoms with Gasteiger partial charge in [0.25, 0.3) is 0 Å². The molecule has 1 unspecified atom stereocenters. The maximum atomic E-state index is 12.9. The topological polar surface area (TPSA) is 29.3 Å². The van der Waals surface area contributed by atoms with Crippen LogP contribution in [0, 0.1) is 5.82 Å². The Hall–Kier alpha value is -0.910. The van der Waals surface area contributed by atoms with Gasteiger partial charge in [-0.15, -0.1) is 11.3 Å². The Morgan fingerprint density at radius 1 is 1.28 bits per heavy atom. The van der Waals surface area contributed by atoms with Crippen molar-refractivity contribution in [3.8, 4) is 0 Å². The molecule has 5 heteroatoms. The highest BCUT2D eigenvalue weighted by atomic mass is 79.9. The highest BCUT2D eigenvalue weighted by Crippen LogP contribution is 2.32. The zero-order chi connectivity index (χ0) is 13.1. The van der Waals surface area contributed by atoms with Crippen LogP contribution in [0.4, 0.5) is 10.1 Å². The molecule has 0 bridgehead atoms. The molecular formula is C13H14BrFN2S. The van der Waals surface area contributed by atoms with Crippen molar-refractivity contribution in [2.24, 2.45) is 5.73 Å². The molecule has 0 fully saturated rings. The summed E-state index contributed by atoms with van der Waals surface area (Å²) >= 11 is 5.12. The summed E-state index contributed by atoms with van der Waals surface area (Å²) in [5.41, 5.74) is 6.81. The van der Waals surface area contributed by atoms with Crippen molar-refractivity contribution >= 4 is 33.0 Å². The van der Waals surface area contributed by atoms with Gasteiger partial charge in [0.1, 0.15) is 5.82 Å². The van der Waals surface area contributed by atoms with E-state index in [1.54, 1.807) is 23.5 Å². The highest BCUT2D eigenvalue weighted by molar-refractivity contribution is 9.11. The number of nitrogens with two attached hydrogens (primary N) is 1. The predicted molar refractivity (Wildman–Crippen MR) is 78.6 cm³/mol. The molecule has 0 spiro atoms. The smallest absolute Gasteiger partial charge is 0.123 e. The van der Waals surface area contributed by atoms with Crippen LogP contribution in [0.25, 0.3) is 0 Å². The first-order chi connectivity index (χ1) is 8.61. The first-order valence-corrected chi connectivity index (χ1v) is 7.16. The number of hydrogen-bond acceptors (Lipinski definition) is 3. The van der Waals surface area contributed by atoms with E-state index < -0.39 is 0 Å². The molecule has 0 saturated carbocycles.